The van der Waals surface area contributed by atoms with Gasteiger partial charge in [0.15, 0.2) is 0 Å². The van der Waals surface area contributed by atoms with Gasteiger partial charge in [-0.3, -0.25) is 4.68 Å². The van der Waals surface area contributed by atoms with Gasteiger partial charge in [-0.15, -0.1) is 0 Å². The molecule has 1 aromatic heterocycles. The van der Waals surface area contributed by atoms with E-state index in [2.05, 4.69) is 29.4 Å². The molecule has 0 saturated carbocycles. The zero-order valence-electron chi connectivity index (χ0n) is 12.6. The Bertz CT molecular complexity index is 647. The van der Waals surface area contributed by atoms with Gasteiger partial charge in [-0.05, 0) is 49.7 Å². The van der Waals surface area contributed by atoms with Gasteiger partial charge in [0.1, 0.15) is 5.15 Å². The van der Waals surface area contributed by atoms with E-state index in [0.29, 0.717) is 11.1 Å². The van der Waals surface area contributed by atoms with Crippen LogP contribution in [0.3, 0.4) is 0 Å². The molecule has 1 aromatic carbocycles. The number of hydrogen-bond acceptors (Lipinski definition) is 2. The quantitative estimate of drug-likeness (QED) is 0.945. The molecule has 1 aliphatic carbocycles. The van der Waals surface area contributed by atoms with Crippen LogP contribution in [0.4, 0.5) is 0 Å². The molecule has 2 unspecified atom stereocenters. The largest absolute Gasteiger partial charge is 0.327 e. The average molecular weight is 304 g/mol. The maximum atomic E-state index is 6.55. The Morgan fingerprint density at radius 3 is 2.90 bits per heavy atom. The first-order chi connectivity index (χ1) is 10.1. The van der Waals surface area contributed by atoms with E-state index in [4.69, 9.17) is 17.3 Å². The second-order valence-corrected chi connectivity index (χ2v) is 6.40. The number of nitrogens with two attached hydrogens (primary N) is 1. The van der Waals surface area contributed by atoms with Gasteiger partial charge in [-0.25, -0.2) is 0 Å². The predicted octanol–water partition coefficient (Wildman–Crippen LogP) is 3.37. The number of hydrogen-bond donors (Lipinski definition) is 1. The molecule has 3 nitrogen and oxygen atoms in total. The fourth-order valence-corrected chi connectivity index (χ4v) is 3.77. The number of aromatic nitrogens is 2. The topological polar surface area (TPSA) is 43.8 Å². The van der Waals surface area contributed by atoms with E-state index in [1.165, 1.54) is 24.0 Å². The van der Waals surface area contributed by atoms with Crippen LogP contribution in [0.5, 0.6) is 0 Å². The minimum Gasteiger partial charge on any atom is -0.327 e. The summed E-state index contributed by atoms with van der Waals surface area (Å²) in [5.74, 6) is 0.422. The van der Waals surface area contributed by atoms with Crippen LogP contribution in [0.15, 0.2) is 24.3 Å². The molecule has 21 heavy (non-hydrogen) atoms. The summed E-state index contributed by atoms with van der Waals surface area (Å²) in [6.45, 7) is 2.00. The summed E-state index contributed by atoms with van der Waals surface area (Å²) in [7, 11) is 1.88. The lowest BCUT2D eigenvalue weighted by atomic mass is 9.77. The third-order valence-electron chi connectivity index (χ3n) is 4.64. The Labute approximate surface area is 131 Å². The van der Waals surface area contributed by atoms with Gasteiger partial charge in [-0.2, -0.15) is 5.10 Å². The van der Waals surface area contributed by atoms with E-state index in [9.17, 15) is 0 Å². The van der Waals surface area contributed by atoms with Crippen LogP contribution in [0.1, 0.15) is 41.1 Å². The van der Waals surface area contributed by atoms with Crippen molar-refractivity contribution >= 4 is 11.6 Å². The number of nitrogens with zero attached hydrogens (tertiary/aromatic N) is 2. The second-order valence-electron chi connectivity index (χ2n) is 6.04. The summed E-state index contributed by atoms with van der Waals surface area (Å²) in [6, 6.07) is 8.79. The van der Waals surface area contributed by atoms with Crippen molar-refractivity contribution in [2.45, 2.75) is 44.6 Å². The van der Waals surface area contributed by atoms with Crippen molar-refractivity contribution in [1.82, 2.24) is 9.78 Å². The van der Waals surface area contributed by atoms with Gasteiger partial charge < -0.3 is 5.73 Å². The normalized spacial score (nSPS) is 19.3. The molecule has 0 bridgehead atoms. The monoisotopic (exact) mass is 303 g/mol. The van der Waals surface area contributed by atoms with Gasteiger partial charge in [0.2, 0.25) is 0 Å². The summed E-state index contributed by atoms with van der Waals surface area (Å²) in [5.41, 5.74) is 11.5. The molecule has 0 spiro atoms. The maximum Gasteiger partial charge on any atom is 0.130 e. The van der Waals surface area contributed by atoms with Crippen LogP contribution < -0.4 is 5.73 Å². The van der Waals surface area contributed by atoms with Crippen LogP contribution in [-0.4, -0.2) is 15.8 Å². The average Bonchev–Trinajstić information content (AvgIpc) is 2.73. The first-order valence-electron chi connectivity index (χ1n) is 7.59. The summed E-state index contributed by atoms with van der Waals surface area (Å²) in [4.78, 5) is 0. The number of aryl methyl sites for hydroxylation is 3. The van der Waals surface area contributed by atoms with Crippen molar-refractivity contribution in [2.75, 3.05) is 0 Å². The number of halogens is 1. The summed E-state index contributed by atoms with van der Waals surface area (Å²) >= 11 is 6.34. The van der Waals surface area contributed by atoms with Crippen molar-refractivity contribution in [3.8, 4) is 0 Å². The van der Waals surface area contributed by atoms with Crippen LogP contribution >= 0.6 is 11.6 Å². The summed E-state index contributed by atoms with van der Waals surface area (Å²) in [6.07, 6.45) is 4.34. The van der Waals surface area contributed by atoms with Crippen molar-refractivity contribution in [3.63, 3.8) is 0 Å². The van der Waals surface area contributed by atoms with Crippen molar-refractivity contribution in [1.29, 1.82) is 0 Å². The Balaban J connectivity index is 1.85. The predicted molar refractivity (Wildman–Crippen MR) is 86.8 cm³/mol. The fraction of sp³-hybridized carbons (Fsp3) is 0.471. The molecule has 0 fully saturated rings. The van der Waals surface area contributed by atoms with E-state index in [-0.39, 0.29) is 6.04 Å². The van der Waals surface area contributed by atoms with Crippen LogP contribution in [0, 0.1) is 6.92 Å². The standard InChI is InChI=1S/C17H22ClN3/c1-11-15(17(18)21(2)20-11)10-16(19)14-9-5-7-12-6-3-4-8-13(12)14/h3-4,6,8,14,16H,5,7,9-10,19H2,1-2H3. The first-order valence-corrected chi connectivity index (χ1v) is 7.97. The zero-order chi connectivity index (χ0) is 15.0. The highest BCUT2D eigenvalue weighted by atomic mass is 35.5. The molecule has 2 N–H and O–H groups in total. The van der Waals surface area contributed by atoms with Crippen molar-refractivity contribution in [3.05, 3.63) is 51.8 Å². The lowest BCUT2D eigenvalue weighted by Crippen LogP contribution is -2.33. The number of benzene rings is 1. The van der Waals surface area contributed by atoms with Crippen molar-refractivity contribution in [2.24, 2.45) is 12.8 Å². The lowest BCUT2D eigenvalue weighted by Gasteiger charge is -2.30. The fourth-order valence-electron chi connectivity index (χ4n) is 3.52. The van der Waals surface area contributed by atoms with E-state index in [1.807, 2.05) is 14.0 Å². The zero-order valence-corrected chi connectivity index (χ0v) is 13.4. The van der Waals surface area contributed by atoms with E-state index < -0.39 is 0 Å². The first kappa shape index (κ1) is 14.6. The van der Waals surface area contributed by atoms with E-state index in [0.717, 1.165) is 24.1 Å². The van der Waals surface area contributed by atoms with Gasteiger partial charge in [0.25, 0.3) is 0 Å². The SMILES string of the molecule is Cc1nn(C)c(Cl)c1CC(N)C1CCCc2ccccc21. The molecule has 0 amide bonds. The maximum absolute atomic E-state index is 6.55. The van der Waals surface area contributed by atoms with E-state index in [1.54, 1.807) is 4.68 Å². The number of rotatable bonds is 3. The second kappa shape index (κ2) is 5.82. The Morgan fingerprint density at radius 1 is 1.43 bits per heavy atom. The molecular formula is C17H22ClN3. The molecule has 2 atom stereocenters. The van der Waals surface area contributed by atoms with Crippen LogP contribution in [0.25, 0.3) is 0 Å². The molecule has 0 radical (unpaired) electrons. The molecule has 4 heteroatoms. The molecule has 1 heterocycles. The molecule has 2 aromatic rings. The third-order valence-corrected chi connectivity index (χ3v) is 5.12. The molecule has 0 saturated heterocycles. The molecular weight excluding hydrogens is 282 g/mol. The Kier molecular flexibility index (Phi) is 4.05. The molecule has 112 valence electrons. The Hall–Kier alpha value is -1.32. The van der Waals surface area contributed by atoms with Gasteiger partial charge >= 0.3 is 0 Å². The van der Waals surface area contributed by atoms with Gasteiger partial charge in [0, 0.05) is 18.7 Å². The smallest absolute Gasteiger partial charge is 0.130 e. The van der Waals surface area contributed by atoms with Crippen molar-refractivity contribution < 1.29 is 0 Å². The lowest BCUT2D eigenvalue weighted by molar-refractivity contribution is 0.459. The summed E-state index contributed by atoms with van der Waals surface area (Å²) < 4.78 is 1.73. The highest BCUT2D eigenvalue weighted by Gasteiger charge is 2.27. The highest BCUT2D eigenvalue weighted by molar-refractivity contribution is 6.30. The van der Waals surface area contributed by atoms with Crippen LogP contribution in [0.2, 0.25) is 5.15 Å². The molecule has 1 aliphatic rings. The molecule has 3 rings (SSSR count). The highest BCUT2D eigenvalue weighted by Crippen LogP contribution is 2.35. The van der Waals surface area contributed by atoms with E-state index >= 15 is 0 Å². The summed E-state index contributed by atoms with van der Waals surface area (Å²) in [5, 5.41) is 5.10. The number of fused-ring (bicyclic) bond motifs is 1. The van der Waals surface area contributed by atoms with Crippen LogP contribution in [-0.2, 0) is 19.9 Å². The third kappa shape index (κ3) is 2.72. The van der Waals surface area contributed by atoms with Gasteiger partial charge in [0.05, 0.1) is 5.69 Å². The minimum absolute atomic E-state index is 0.0897. The minimum atomic E-state index is 0.0897. The molecule has 0 aliphatic heterocycles. The van der Waals surface area contributed by atoms with Gasteiger partial charge in [-0.1, -0.05) is 35.9 Å². The Morgan fingerprint density at radius 2 is 2.19 bits per heavy atom.